The molecule has 5 aromatic rings. The lowest BCUT2D eigenvalue weighted by atomic mass is 10.00. The zero-order chi connectivity index (χ0) is 26.3. The van der Waals surface area contributed by atoms with Crippen LogP contribution in [0.15, 0.2) is 79.1 Å². The van der Waals surface area contributed by atoms with Crippen molar-refractivity contribution in [3.8, 4) is 22.5 Å². The number of nitrogens with zero attached hydrogens (tertiary/aromatic N) is 4. The van der Waals surface area contributed by atoms with E-state index in [2.05, 4.69) is 15.5 Å². The third-order valence-electron chi connectivity index (χ3n) is 6.00. The van der Waals surface area contributed by atoms with Crippen molar-refractivity contribution < 1.29 is 23.1 Å². The number of aromatic nitrogens is 4. The Balaban J connectivity index is 1.61. The van der Waals surface area contributed by atoms with E-state index in [0.29, 0.717) is 22.5 Å². The Labute approximate surface area is 209 Å². The summed E-state index contributed by atoms with van der Waals surface area (Å²) in [5, 5.41) is 21.6. The normalized spacial score (nSPS) is 12.6. The van der Waals surface area contributed by atoms with Gasteiger partial charge < -0.3 is 10.4 Å². The number of hydrogen-bond acceptors (Lipinski definition) is 4. The summed E-state index contributed by atoms with van der Waals surface area (Å²) < 4.78 is 44.2. The number of nitrogens with one attached hydrogen (secondary N) is 1. The third-order valence-corrected chi connectivity index (χ3v) is 6.00. The lowest BCUT2D eigenvalue weighted by Crippen LogP contribution is -2.14. The fraction of sp³-hybridized carbons (Fsp3) is 0.148. The lowest BCUT2D eigenvalue weighted by molar-refractivity contribution is -0.137. The SMILES string of the molecule is C[C@H](O)c1ccn2nc(-c3ccccc3)c(NC(=O)c3ccc(C(F)(F)F)c(-c4ccn(C)n4)c3)c2c1. The number of benzene rings is 2. The number of carbonyl (C=O) groups excluding carboxylic acids is 1. The minimum Gasteiger partial charge on any atom is -0.389 e. The molecule has 2 aromatic carbocycles. The number of pyridine rings is 1. The number of rotatable bonds is 5. The molecular formula is C27H22F3N5O2. The Kier molecular flexibility index (Phi) is 6.04. The Bertz CT molecular complexity index is 1600. The van der Waals surface area contributed by atoms with Crippen molar-refractivity contribution in [2.75, 3.05) is 5.32 Å². The number of aliphatic hydroxyl groups is 1. The van der Waals surface area contributed by atoms with E-state index in [1.807, 2.05) is 30.3 Å². The molecule has 1 atom stereocenters. The Hall–Kier alpha value is -4.44. The number of carbonyl (C=O) groups is 1. The Morgan fingerprint density at radius 2 is 1.76 bits per heavy atom. The third kappa shape index (κ3) is 4.70. The van der Waals surface area contributed by atoms with Crippen molar-refractivity contribution in [1.82, 2.24) is 19.4 Å². The standard InChI is InChI=1S/C27H22F3N5O2/c1-16(36)18-10-13-35-23(15-18)25(24(33-35)17-6-4-3-5-7-17)31-26(37)19-8-9-21(27(28,29)30)20(14-19)22-11-12-34(2)32-22/h3-16,36H,1-2H3,(H,31,37)/t16-/m0/s1. The van der Waals surface area contributed by atoms with Crippen LogP contribution < -0.4 is 5.32 Å². The molecule has 5 rings (SSSR count). The highest BCUT2D eigenvalue weighted by Crippen LogP contribution is 2.38. The maximum atomic E-state index is 13.7. The van der Waals surface area contributed by atoms with E-state index in [-0.39, 0.29) is 16.8 Å². The van der Waals surface area contributed by atoms with Crippen LogP contribution >= 0.6 is 0 Å². The molecule has 7 nitrogen and oxygen atoms in total. The maximum Gasteiger partial charge on any atom is 0.417 e. The first-order valence-corrected chi connectivity index (χ1v) is 11.4. The van der Waals surface area contributed by atoms with Crippen LogP contribution in [0.1, 0.15) is 34.5 Å². The number of amides is 1. The summed E-state index contributed by atoms with van der Waals surface area (Å²) in [7, 11) is 1.60. The van der Waals surface area contributed by atoms with Gasteiger partial charge in [0.2, 0.25) is 0 Å². The first-order chi connectivity index (χ1) is 17.6. The van der Waals surface area contributed by atoms with Crippen LogP contribution in [0.25, 0.3) is 28.0 Å². The quantitative estimate of drug-likeness (QED) is 0.320. The van der Waals surface area contributed by atoms with Gasteiger partial charge in [-0.05, 0) is 48.9 Å². The molecule has 0 radical (unpaired) electrons. The Morgan fingerprint density at radius 3 is 2.41 bits per heavy atom. The zero-order valence-electron chi connectivity index (χ0n) is 19.9. The summed E-state index contributed by atoms with van der Waals surface area (Å²) in [4.78, 5) is 13.4. The van der Waals surface area contributed by atoms with Gasteiger partial charge in [0.1, 0.15) is 5.69 Å². The van der Waals surface area contributed by atoms with Gasteiger partial charge in [0.05, 0.1) is 28.6 Å². The van der Waals surface area contributed by atoms with Crippen molar-refractivity contribution in [2.24, 2.45) is 7.05 Å². The number of aliphatic hydroxyl groups excluding tert-OH is 1. The molecule has 0 saturated heterocycles. The minimum absolute atomic E-state index is 0.0266. The van der Waals surface area contributed by atoms with Crippen molar-refractivity contribution in [3.05, 3.63) is 95.8 Å². The number of alkyl halides is 3. The Morgan fingerprint density at radius 1 is 1.00 bits per heavy atom. The van der Waals surface area contributed by atoms with E-state index < -0.39 is 23.8 Å². The molecule has 10 heteroatoms. The number of fused-ring (bicyclic) bond motifs is 1. The minimum atomic E-state index is -4.62. The molecule has 0 unspecified atom stereocenters. The average Bonchev–Trinajstić information content (AvgIpc) is 3.47. The topological polar surface area (TPSA) is 84.5 Å². The highest BCUT2D eigenvalue weighted by Gasteiger charge is 2.34. The zero-order valence-corrected chi connectivity index (χ0v) is 19.9. The molecule has 0 fully saturated rings. The van der Waals surface area contributed by atoms with Gasteiger partial charge in [-0.1, -0.05) is 30.3 Å². The van der Waals surface area contributed by atoms with Gasteiger partial charge in [0, 0.05) is 36.1 Å². The molecule has 3 heterocycles. The average molecular weight is 506 g/mol. The van der Waals surface area contributed by atoms with E-state index in [0.717, 1.165) is 17.7 Å². The molecule has 0 spiro atoms. The van der Waals surface area contributed by atoms with Crippen molar-refractivity contribution in [3.63, 3.8) is 0 Å². The smallest absolute Gasteiger partial charge is 0.389 e. The van der Waals surface area contributed by atoms with Crippen LogP contribution in [0.2, 0.25) is 0 Å². The second kappa shape index (κ2) is 9.21. The molecule has 37 heavy (non-hydrogen) atoms. The fourth-order valence-corrected chi connectivity index (χ4v) is 4.13. The highest BCUT2D eigenvalue weighted by molar-refractivity contribution is 6.09. The van der Waals surface area contributed by atoms with Gasteiger partial charge in [0.15, 0.2) is 0 Å². The van der Waals surface area contributed by atoms with Crippen LogP contribution in [0.4, 0.5) is 18.9 Å². The highest BCUT2D eigenvalue weighted by atomic mass is 19.4. The predicted molar refractivity (Wildman–Crippen MR) is 133 cm³/mol. The van der Waals surface area contributed by atoms with Crippen LogP contribution in [0.5, 0.6) is 0 Å². The lowest BCUT2D eigenvalue weighted by Gasteiger charge is -2.14. The monoisotopic (exact) mass is 505 g/mol. The maximum absolute atomic E-state index is 13.7. The number of anilines is 1. The number of halogens is 3. The van der Waals surface area contributed by atoms with E-state index in [1.165, 1.54) is 23.0 Å². The first-order valence-electron chi connectivity index (χ1n) is 11.4. The van der Waals surface area contributed by atoms with Crippen LogP contribution in [0, 0.1) is 0 Å². The molecule has 0 saturated carbocycles. The van der Waals surface area contributed by atoms with Gasteiger partial charge in [-0.3, -0.25) is 9.48 Å². The van der Waals surface area contributed by atoms with Crippen molar-refractivity contribution in [1.29, 1.82) is 0 Å². The summed E-state index contributed by atoms with van der Waals surface area (Å²) >= 11 is 0. The van der Waals surface area contributed by atoms with E-state index in [1.54, 1.807) is 36.8 Å². The van der Waals surface area contributed by atoms with Gasteiger partial charge in [0.25, 0.3) is 5.91 Å². The summed E-state index contributed by atoms with van der Waals surface area (Å²) in [5.41, 5.74) is 1.79. The van der Waals surface area contributed by atoms with E-state index in [9.17, 15) is 23.1 Å². The summed E-state index contributed by atoms with van der Waals surface area (Å²) in [6.45, 7) is 1.62. The molecule has 1 amide bonds. The molecule has 2 N–H and O–H groups in total. The molecule has 0 aliphatic rings. The van der Waals surface area contributed by atoms with Gasteiger partial charge in [-0.2, -0.15) is 23.4 Å². The first kappa shape index (κ1) is 24.3. The number of hydrogen-bond donors (Lipinski definition) is 2. The van der Waals surface area contributed by atoms with Gasteiger partial charge in [-0.25, -0.2) is 4.52 Å². The number of aryl methyl sites for hydroxylation is 1. The van der Waals surface area contributed by atoms with Crippen LogP contribution in [-0.4, -0.2) is 30.4 Å². The van der Waals surface area contributed by atoms with E-state index >= 15 is 0 Å². The molecule has 0 bridgehead atoms. The van der Waals surface area contributed by atoms with Crippen molar-refractivity contribution in [2.45, 2.75) is 19.2 Å². The van der Waals surface area contributed by atoms with Crippen LogP contribution in [0.3, 0.4) is 0 Å². The summed E-state index contributed by atoms with van der Waals surface area (Å²) in [5.74, 6) is -0.611. The van der Waals surface area contributed by atoms with Gasteiger partial charge in [-0.15, -0.1) is 0 Å². The van der Waals surface area contributed by atoms with Crippen LogP contribution in [-0.2, 0) is 13.2 Å². The summed E-state index contributed by atoms with van der Waals surface area (Å²) in [6, 6.07) is 17.3. The van der Waals surface area contributed by atoms with E-state index in [4.69, 9.17) is 0 Å². The second-order valence-corrected chi connectivity index (χ2v) is 8.64. The molecular weight excluding hydrogens is 483 g/mol. The molecule has 188 valence electrons. The predicted octanol–water partition coefficient (Wildman–Crippen LogP) is 5.73. The molecule has 0 aliphatic carbocycles. The second-order valence-electron chi connectivity index (χ2n) is 8.64. The fourth-order valence-electron chi connectivity index (χ4n) is 4.13. The van der Waals surface area contributed by atoms with Gasteiger partial charge >= 0.3 is 6.18 Å². The van der Waals surface area contributed by atoms with Crippen molar-refractivity contribution >= 4 is 17.1 Å². The summed E-state index contributed by atoms with van der Waals surface area (Å²) in [6.07, 6.45) is -2.16. The molecule has 0 aliphatic heterocycles. The largest absolute Gasteiger partial charge is 0.417 e. The molecule has 3 aromatic heterocycles.